The van der Waals surface area contributed by atoms with Crippen LogP contribution in [0.2, 0.25) is 0 Å². The molecule has 0 spiro atoms. The van der Waals surface area contributed by atoms with Crippen LogP contribution in [0.4, 0.5) is 28.8 Å². The second-order valence-electron chi connectivity index (χ2n) is 6.23. The SMILES string of the molecule is COc1ccccc1Nc1cnnc(Nc2ccccc2N2CCOCC2)n1. The summed E-state index contributed by atoms with van der Waals surface area (Å²) in [6, 6.07) is 15.7. The summed E-state index contributed by atoms with van der Waals surface area (Å²) in [7, 11) is 1.63. The van der Waals surface area contributed by atoms with Crippen LogP contribution in [0.1, 0.15) is 0 Å². The van der Waals surface area contributed by atoms with E-state index in [1.165, 1.54) is 0 Å². The first-order chi connectivity index (χ1) is 13.8. The van der Waals surface area contributed by atoms with E-state index in [2.05, 4.69) is 36.8 Å². The van der Waals surface area contributed by atoms with Gasteiger partial charge in [-0.05, 0) is 24.3 Å². The molecule has 1 saturated heterocycles. The summed E-state index contributed by atoms with van der Waals surface area (Å²) in [5.41, 5.74) is 2.84. The number of morpholine rings is 1. The minimum atomic E-state index is 0.417. The van der Waals surface area contributed by atoms with Crippen molar-refractivity contribution in [2.45, 2.75) is 0 Å². The van der Waals surface area contributed by atoms with Crippen LogP contribution < -0.4 is 20.3 Å². The van der Waals surface area contributed by atoms with E-state index in [1.807, 2.05) is 42.5 Å². The normalized spacial score (nSPS) is 13.8. The lowest BCUT2D eigenvalue weighted by molar-refractivity contribution is 0.123. The molecule has 28 heavy (non-hydrogen) atoms. The van der Waals surface area contributed by atoms with Gasteiger partial charge in [-0.3, -0.25) is 0 Å². The Kier molecular flexibility index (Phi) is 5.48. The molecular formula is C20H22N6O2. The lowest BCUT2D eigenvalue weighted by Gasteiger charge is -2.30. The Morgan fingerprint density at radius 1 is 0.964 bits per heavy atom. The summed E-state index contributed by atoms with van der Waals surface area (Å²) in [6.45, 7) is 3.16. The van der Waals surface area contributed by atoms with Crippen molar-refractivity contribution in [3.8, 4) is 5.75 Å². The van der Waals surface area contributed by atoms with Crippen molar-refractivity contribution in [2.75, 3.05) is 48.9 Å². The summed E-state index contributed by atoms with van der Waals surface area (Å²) in [5.74, 6) is 1.72. The van der Waals surface area contributed by atoms with Gasteiger partial charge < -0.3 is 25.0 Å². The number of ether oxygens (including phenoxy) is 2. The number of aromatic nitrogens is 3. The molecule has 2 aromatic carbocycles. The summed E-state index contributed by atoms with van der Waals surface area (Å²) >= 11 is 0. The van der Waals surface area contributed by atoms with E-state index in [0.29, 0.717) is 11.8 Å². The number of methoxy groups -OCH3 is 1. The van der Waals surface area contributed by atoms with Gasteiger partial charge in [0.05, 0.1) is 43.6 Å². The van der Waals surface area contributed by atoms with Crippen LogP contribution in [0.5, 0.6) is 5.75 Å². The highest BCUT2D eigenvalue weighted by molar-refractivity contribution is 5.74. The zero-order valence-electron chi connectivity index (χ0n) is 15.6. The molecule has 144 valence electrons. The number of para-hydroxylation sites is 4. The first kappa shape index (κ1) is 18.0. The van der Waals surface area contributed by atoms with Gasteiger partial charge in [-0.15, -0.1) is 5.10 Å². The summed E-state index contributed by atoms with van der Waals surface area (Å²) < 4.78 is 10.8. The predicted octanol–water partition coefficient (Wildman–Crippen LogP) is 3.20. The van der Waals surface area contributed by atoms with Crippen LogP contribution >= 0.6 is 0 Å². The van der Waals surface area contributed by atoms with Crippen molar-refractivity contribution in [2.24, 2.45) is 0 Å². The van der Waals surface area contributed by atoms with E-state index in [9.17, 15) is 0 Å². The number of hydrogen-bond acceptors (Lipinski definition) is 8. The fraction of sp³-hybridized carbons (Fsp3) is 0.250. The van der Waals surface area contributed by atoms with Gasteiger partial charge in [0, 0.05) is 13.1 Å². The van der Waals surface area contributed by atoms with E-state index in [-0.39, 0.29) is 0 Å². The van der Waals surface area contributed by atoms with Crippen LogP contribution in [-0.2, 0) is 4.74 Å². The van der Waals surface area contributed by atoms with Crippen LogP contribution in [0, 0.1) is 0 Å². The Bertz CT molecular complexity index is 930. The van der Waals surface area contributed by atoms with Crippen molar-refractivity contribution in [1.82, 2.24) is 15.2 Å². The molecule has 8 nitrogen and oxygen atoms in total. The fourth-order valence-electron chi connectivity index (χ4n) is 3.08. The maximum atomic E-state index is 5.46. The third kappa shape index (κ3) is 4.12. The van der Waals surface area contributed by atoms with Gasteiger partial charge in [-0.1, -0.05) is 24.3 Å². The first-order valence-electron chi connectivity index (χ1n) is 9.12. The highest BCUT2D eigenvalue weighted by Crippen LogP contribution is 2.29. The molecule has 0 saturated carbocycles. The van der Waals surface area contributed by atoms with Crippen molar-refractivity contribution >= 4 is 28.8 Å². The minimum absolute atomic E-state index is 0.417. The van der Waals surface area contributed by atoms with Gasteiger partial charge in [-0.25, -0.2) is 0 Å². The van der Waals surface area contributed by atoms with Gasteiger partial charge in [-0.2, -0.15) is 10.1 Å². The number of rotatable bonds is 6. The Morgan fingerprint density at radius 3 is 2.54 bits per heavy atom. The highest BCUT2D eigenvalue weighted by atomic mass is 16.5. The summed E-state index contributed by atoms with van der Waals surface area (Å²) in [6.07, 6.45) is 1.57. The molecule has 4 rings (SSSR count). The second-order valence-corrected chi connectivity index (χ2v) is 6.23. The van der Waals surface area contributed by atoms with Crippen molar-refractivity contribution in [3.05, 3.63) is 54.7 Å². The van der Waals surface area contributed by atoms with Crippen LogP contribution in [0.15, 0.2) is 54.7 Å². The average molecular weight is 378 g/mol. The zero-order chi connectivity index (χ0) is 19.2. The molecule has 0 aliphatic carbocycles. The Hall–Kier alpha value is -3.39. The van der Waals surface area contributed by atoms with Crippen LogP contribution in [-0.4, -0.2) is 48.6 Å². The Balaban J connectivity index is 1.54. The Morgan fingerprint density at radius 2 is 1.71 bits per heavy atom. The van der Waals surface area contributed by atoms with E-state index in [1.54, 1.807) is 13.3 Å². The van der Waals surface area contributed by atoms with Crippen LogP contribution in [0.25, 0.3) is 0 Å². The molecule has 0 bridgehead atoms. The average Bonchev–Trinajstić information content (AvgIpc) is 2.75. The lowest BCUT2D eigenvalue weighted by Crippen LogP contribution is -2.36. The van der Waals surface area contributed by atoms with Crippen molar-refractivity contribution < 1.29 is 9.47 Å². The van der Waals surface area contributed by atoms with E-state index >= 15 is 0 Å². The van der Waals surface area contributed by atoms with Gasteiger partial charge in [0.25, 0.3) is 0 Å². The maximum Gasteiger partial charge on any atom is 0.249 e. The number of benzene rings is 2. The number of hydrogen-bond donors (Lipinski definition) is 2. The lowest BCUT2D eigenvalue weighted by atomic mass is 10.2. The van der Waals surface area contributed by atoms with E-state index < -0.39 is 0 Å². The molecule has 2 N–H and O–H groups in total. The molecule has 8 heteroatoms. The minimum Gasteiger partial charge on any atom is -0.495 e. The van der Waals surface area contributed by atoms with Gasteiger partial charge in [0.1, 0.15) is 5.75 Å². The van der Waals surface area contributed by atoms with Crippen LogP contribution in [0.3, 0.4) is 0 Å². The maximum absolute atomic E-state index is 5.46. The van der Waals surface area contributed by atoms with Gasteiger partial charge in [0.2, 0.25) is 5.95 Å². The molecule has 1 aliphatic heterocycles. The molecule has 3 aromatic rings. The molecule has 1 aromatic heterocycles. The molecule has 2 heterocycles. The highest BCUT2D eigenvalue weighted by Gasteiger charge is 2.15. The molecule has 0 radical (unpaired) electrons. The summed E-state index contributed by atoms with van der Waals surface area (Å²) in [5, 5.41) is 14.7. The largest absolute Gasteiger partial charge is 0.495 e. The van der Waals surface area contributed by atoms with Crippen molar-refractivity contribution in [1.29, 1.82) is 0 Å². The molecule has 1 aliphatic rings. The second kappa shape index (κ2) is 8.53. The van der Waals surface area contributed by atoms with E-state index in [4.69, 9.17) is 9.47 Å². The third-order valence-electron chi connectivity index (χ3n) is 4.43. The molecule has 0 amide bonds. The fourth-order valence-corrected chi connectivity index (χ4v) is 3.08. The van der Waals surface area contributed by atoms with Crippen molar-refractivity contribution in [3.63, 3.8) is 0 Å². The third-order valence-corrected chi connectivity index (χ3v) is 4.43. The Labute approximate surface area is 163 Å². The number of nitrogens with zero attached hydrogens (tertiary/aromatic N) is 4. The van der Waals surface area contributed by atoms with Gasteiger partial charge in [0.15, 0.2) is 5.82 Å². The smallest absolute Gasteiger partial charge is 0.249 e. The first-order valence-corrected chi connectivity index (χ1v) is 9.12. The standard InChI is InChI=1S/C20H22N6O2/c1-27-18-9-5-3-7-16(18)22-19-14-21-25-20(24-19)23-15-6-2-4-8-17(15)26-10-12-28-13-11-26/h2-9,14H,10-13H2,1H3,(H2,22,23,24,25). The molecule has 1 fully saturated rings. The topological polar surface area (TPSA) is 84.4 Å². The van der Waals surface area contributed by atoms with E-state index in [0.717, 1.165) is 49.1 Å². The quantitative estimate of drug-likeness (QED) is 0.676. The summed E-state index contributed by atoms with van der Waals surface area (Å²) in [4.78, 5) is 6.82. The molecular weight excluding hydrogens is 356 g/mol. The zero-order valence-corrected chi connectivity index (χ0v) is 15.6. The molecule has 0 atom stereocenters. The number of anilines is 5. The monoisotopic (exact) mass is 378 g/mol. The number of nitrogens with one attached hydrogen (secondary N) is 2. The predicted molar refractivity (Wildman–Crippen MR) is 109 cm³/mol. The molecule has 0 unspecified atom stereocenters. The van der Waals surface area contributed by atoms with Gasteiger partial charge >= 0.3 is 0 Å².